The molecule has 0 heterocycles. The van der Waals surface area contributed by atoms with E-state index in [4.69, 9.17) is 4.84 Å². The van der Waals surface area contributed by atoms with Gasteiger partial charge in [0.1, 0.15) is 0 Å². The van der Waals surface area contributed by atoms with E-state index >= 15 is 0 Å². The summed E-state index contributed by atoms with van der Waals surface area (Å²) in [6.45, 7) is 3.67. The first-order chi connectivity index (χ1) is 8.79. The second-order valence-corrected chi connectivity index (χ2v) is 3.68. The summed E-state index contributed by atoms with van der Waals surface area (Å²) in [7, 11) is 0. The van der Waals surface area contributed by atoms with E-state index in [0.29, 0.717) is 11.3 Å². The van der Waals surface area contributed by atoms with Crippen LogP contribution in [-0.2, 0) is 4.84 Å². The molecule has 0 spiro atoms. The molecule has 2 aromatic carbocycles. The van der Waals surface area contributed by atoms with Crippen LogP contribution in [0.15, 0.2) is 61.2 Å². The first-order valence-electron chi connectivity index (χ1n) is 5.54. The molecule has 0 radical (unpaired) electrons. The topological polar surface area (TPSA) is 38.3 Å². The van der Waals surface area contributed by atoms with Crippen LogP contribution in [0.1, 0.15) is 15.9 Å². The highest BCUT2D eigenvalue weighted by Gasteiger charge is 2.05. The lowest BCUT2D eigenvalue weighted by Crippen LogP contribution is -2.10. The fourth-order valence-corrected chi connectivity index (χ4v) is 1.43. The van der Waals surface area contributed by atoms with Gasteiger partial charge in [-0.2, -0.15) is 0 Å². The molecule has 0 amide bonds. The Morgan fingerprint density at radius 2 is 1.72 bits per heavy atom. The zero-order chi connectivity index (χ0) is 12.8. The number of hydrogen-bond donors (Lipinski definition) is 1. The first-order valence-corrected chi connectivity index (χ1v) is 5.54. The summed E-state index contributed by atoms with van der Waals surface area (Å²) < 4.78 is 0. The predicted octanol–water partition coefficient (Wildman–Crippen LogP) is 3.51. The predicted molar refractivity (Wildman–Crippen MR) is 72.0 cm³/mol. The highest BCUT2D eigenvalue weighted by molar-refractivity contribution is 5.89. The molecule has 0 unspecified atom stereocenters. The minimum Gasteiger partial charge on any atom is -0.338 e. The number of rotatable bonds is 4. The summed E-state index contributed by atoms with van der Waals surface area (Å²) in [4.78, 5) is 16.6. The molecule has 2 aromatic rings. The van der Waals surface area contributed by atoms with Gasteiger partial charge in [0, 0.05) is 0 Å². The molecule has 0 fully saturated rings. The number of benzene rings is 2. The van der Waals surface area contributed by atoms with Gasteiger partial charge in [0.25, 0.3) is 0 Å². The standard InChI is InChI=1S/C15H13NO2/c1-2-12-8-10-14(11-9-12)16-18-15(17)13-6-4-3-5-7-13/h2-11,16H,1H2. The van der Waals surface area contributed by atoms with Crippen molar-refractivity contribution in [2.45, 2.75) is 0 Å². The van der Waals surface area contributed by atoms with Crippen LogP contribution in [0.3, 0.4) is 0 Å². The number of hydrogen-bond acceptors (Lipinski definition) is 3. The van der Waals surface area contributed by atoms with Gasteiger partial charge in [-0.1, -0.05) is 43.0 Å². The van der Waals surface area contributed by atoms with E-state index < -0.39 is 5.97 Å². The van der Waals surface area contributed by atoms with Crippen molar-refractivity contribution in [3.63, 3.8) is 0 Å². The van der Waals surface area contributed by atoms with Gasteiger partial charge in [0.2, 0.25) is 0 Å². The Balaban J connectivity index is 1.95. The summed E-state index contributed by atoms with van der Waals surface area (Å²) in [5, 5.41) is 0. The molecule has 0 bridgehead atoms. The smallest absolute Gasteiger partial charge is 0.338 e. The van der Waals surface area contributed by atoms with E-state index in [1.165, 1.54) is 0 Å². The average molecular weight is 239 g/mol. The van der Waals surface area contributed by atoms with Crippen molar-refractivity contribution in [3.8, 4) is 0 Å². The number of anilines is 1. The third-order valence-corrected chi connectivity index (χ3v) is 2.42. The Morgan fingerprint density at radius 3 is 2.33 bits per heavy atom. The van der Waals surface area contributed by atoms with Crippen molar-refractivity contribution in [1.82, 2.24) is 0 Å². The molecule has 0 saturated carbocycles. The lowest BCUT2D eigenvalue weighted by molar-refractivity contribution is 0.0596. The van der Waals surface area contributed by atoms with Gasteiger partial charge in [0.15, 0.2) is 0 Å². The highest BCUT2D eigenvalue weighted by atomic mass is 16.7. The van der Waals surface area contributed by atoms with Gasteiger partial charge in [-0.05, 0) is 29.8 Å². The van der Waals surface area contributed by atoms with Crippen LogP contribution in [0.4, 0.5) is 5.69 Å². The van der Waals surface area contributed by atoms with Crippen LogP contribution >= 0.6 is 0 Å². The SMILES string of the molecule is C=Cc1ccc(NOC(=O)c2ccccc2)cc1. The normalized spacial score (nSPS) is 9.56. The minimum absolute atomic E-state index is 0.414. The van der Waals surface area contributed by atoms with E-state index in [1.807, 2.05) is 30.3 Å². The summed E-state index contributed by atoms with van der Waals surface area (Å²) in [5.41, 5.74) is 4.84. The molecule has 0 aromatic heterocycles. The maximum atomic E-state index is 11.6. The maximum Gasteiger partial charge on any atom is 0.362 e. The quantitative estimate of drug-likeness (QED) is 0.830. The van der Waals surface area contributed by atoms with Crippen molar-refractivity contribution >= 4 is 17.7 Å². The number of carbonyl (C=O) groups is 1. The van der Waals surface area contributed by atoms with E-state index in [9.17, 15) is 4.79 Å². The van der Waals surface area contributed by atoms with Gasteiger partial charge >= 0.3 is 5.97 Å². The van der Waals surface area contributed by atoms with Crippen molar-refractivity contribution in [2.75, 3.05) is 5.48 Å². The molecule has 2 rings (SSSR count). The van der Waals surface area contributed by atoms with Crippen molar-refractivity contribution < 1.29 is 9.63 Å². The molecule has 90 valence electrons. The van der Waals surface area contributed by atoms with E-state index in [1.54, 1.807) is 30.3 Å². The van der Waals surface area contributed by atoms with E-state index in [2.05, 4.69) is 12.1 Å². The second-order valence-electron chi connectivity index (χ2n) is 3.68. The molecule has 0 atom stereocenters. The van der Waals surface area contributed by atoms with Gasteiger partial charge in [-0.3, -0.25) is 0 Å². The fourth-order valence-electron chi connectivity index (χ4n) is 1.43. The molecule has 18 heavy (non-hydrogen) atoms. The minimum atomic E-state index is -0.414. The largest absolute Gasteiger partial charge is 0.362 e. The molecule has 3 heteroatoms. The summed E-state index contributed by atoms with van der Waals surface area (Å²) in [6, 6.07) is 16.2. The van der Waals surface area contributed by atoms with Crippen LogP contribution in [0.25, 0.3) is 6.08 Å². The zero-order valence-electron chi connectivity index (χ0n) is 9.80. The van der Waals surface area contributed by atoms with Crippen LogP contribution in [0.2, 0.25) is 0 Å². The third kappa shape index (κ3) is 2.98. The molecular formula is C15H13NO2. The molecule has 3 nitrogen and oxygen atoms in total. The lowest BCUT2D eigenvalue weighted by atomic mass is 10.2. The number of carbonyl (C=O) groups excluding carboxylic acids is 1. The fraction of sp³-hybridized carbons (Fsp3) is 0. The Labute approximate surface area is 106 Å². The Morgan fingerprint density at radius 1 is 1.06 bits per heavy atom. The maximum absolute atomic E-state index is 11.6. The van der Waals surface area contributed by atoms with Crippen molar-refractivity contribution in [1.29, 1.82) is 0 Å². The van der Waals surface area contributed by atoms with Gasteiger partial charge in [0.05, 0.1) is 11.3 Å². The zero-order valence-corrected chi connectivity index (χ0v) is 9.80. The van der Waals surface area contributed by atoms with Gasteiger partial charge in [-0.25, -0.2) is 10.3 Å². The van der Waals surface area contributed by atoms with E-state index in [-0.39, 0.29) is 0 Å². The highest BCUT2D eigenvalue weighted by Crippen LogP contribution is 2.11. The van der Waals surface area contributed by atoms with Crippen LogP contribution < -0.4 is 5.48 Å². The Bertz CT molecular complexity index is 532. The molecular weight excluding hydrogens is 226 g/mol. The van der Waals surface area contributed by atoms with Gasteiger partial charge in [-0.15, -0.1) is 0 Å². The molecule has 0 aliphatic rings. The molecule has 1 N–H and O–H groups in total. The Kier molecular flexibility index (Phi) is 3.76. The summed E-state index contributed by atoms with van der Waals surface area (Å²) in [5.74, 6) is -0.414. The average Bonchev–Trinajstić information content (AvgIpc) is 2.46. The molecule has 0 saturated heterocycles. The third-order valence-electron chi connectivity index (χ3n) is 2.42. The van der Waals surface area contributed by atoms with Gasteiger partial charge < -0.3 is 4.84 Å². The molecule has 0 aliphatic heterocycles. The van der Waals surface area contributed by atoms with Crippen molar-refractivity contribution in [2.24, 2.45) is 0 Å². The van der Waals surface area contributed by atoms with Crippen LogP contribution in [-0.4, -0.2) is 5.97 Å². The lowest BCUT2D eigenvalue weighted by Gasteiger charge is -2.06. The number of nitrogens with one attached hydrogen (secondary N) is 1. The first kappa shape index (κ1) is 11.9. The van der Waals surface area contributed by atoms with Crippen LogP contribution in [0, 0.1) is 0 Å². The van der Waals surface area contributed by atoms with E-state index in [0.717, 1.165) is 5.56 Å². The summed E-state index contributed by atoms with van der Waals surface area (Å²) >= 11 is 0. The second kappa shape index (κ2) is 5.68. The Hall–Kier alpha value is -2.55. The monoisotopic (exact) mass is 239 g/mol. The molecule has 0 aliphatic carbocycles. The van der Waals surface area contributed by atoms with Crippen LogP contribution in [0.5, 0.6) is 0 Å². The summed E-state index contributed by atoms with van der Waals surface area (Å²) in [6.07, 6.45) is 1.75. The van der Waals surface area contributed by atoms with Crippen molar-refractivity contribution in [3.05, 3.63) is 72.3 Å².